The van der Waals surface area contributed by atoms with Gasteiger partial charge in [0.25, 0.3) is 0 Å². The number of hydrogen-bond acceptors (Lipinski definition) is 1. The first-order chi connectivity index (χ1) is 7.56. The first-order valence-electron chi connectivity index (χ1n) is 5.73. The molecule has 0 saturated heterocycles. The molecule has 0 aromatic heterocycles. The second kappa shape index (κ2) is 8.96. The van der Waals surface area contributed by atoms with Crippen molar-refractivity contribution in [2.45, 2.75) is 40.0 Å². The molecule has 0 aliphatic heterocycles. The highest BCUT2D eigenvalue weighted by Crippen LogP contribution is 2.08. The molecule has 16 heavy (non-hydrogen) atoms. The van der Waals surface area contributed by atoms with E-state index in [1.54, 1.807) is 0 Å². The smallest absolute Gasteiger partial charge is 0.303 e. The molecule has 2 nitrogen and oxygen atoms in total. The van der Waals surface area contributed by atoms with Crippen LogP contribution in [-0.4, -0.2) is 11.1 Å². The summed E-state index contributed by atoms with van der Waals surface area (Å²) in [6, 6.07) is 0. The maximum atomic E-state index is 10.3. The maximum absolute atomic E-state index is 10.3. The minimum absolute atomic E-state index is 0.217. The Labute approximate surface area is 98.4 Å². The van der Waals surface area contributed by atoms with Crippen LogP contribution in [0.4, 0.5) is 0 Å². The van der Waals surface area contributed by atoms with Crippen molar-refractivity contribution in [3.8, 4) is 0 Å². The number of hydrogen-bond donors (Lipinski definition) is 1. The third-order valence-electron chi connectivity index (χ3n) is 2.17. The Kier molecular flexibility index (Phi) is 8.22. The Balaban J connectivity index is 3.87. The average Bonchev–Trinajstić information content (AvgIpc) is 2.16. The number of carbonyl (C=O) groups is 1. The summed E-state index contributed by atoms with van der Waals surface area (Å²) in [5.41, 5.74) is 1.32. The third-order valence-corrected chi connectivity index (χ3v) is 2.17. The summed E-state index contributed by atoms with van der Waals surface area (Å²) in [5, 5.41) is 8.45. The molecule has 0 aromatic rings. The lowest BCUT2D eigenvalue weighted by molar-refractivity contribution is -0.136. The third kappa shape index (κ3) is 9.25. The predicted molar refractivity (Wildman–Crippen MR) is 68.4 cm³/mol. The Morgan fingerprint density at radius 1 is 1.38 bits per heavy atom. The van der Waals surface area contributed by atoms with Gasteiger partial charge in [0.15, 0.2) is 0 Å². The van der Waals surface area contributed by atoms with Crippen molar-refractivity contribution in [2.75, 3.05) is 0 Å². The van der Waals surface area contributed by atoms with Gasteiger partial charge in [-0.15, -0.1) is 0 Å². The monoisotopic (exact) mass is 222 g/mol. The van der Waals surface area contributed by atoms with Gasteiger partial charge in [0.05, 0.1) is 0 Å². The van der Waals surface area contributed by atoms with Crippen LogP contribution in [0.3, 0.4) is 0 Å². The minimum Gasteiger partial charge on any atom is -0.481 e. The molecule has 0 aromatic carbocycles. The maximum Gasteiger partial charge on any atom is 0.303 e. The highest BCUT2D eigenvalue weighted by atomic mass is 16.4. The summed E-state index contributed by atoms with van der Waals surface area (Å²) < 4.78 is 0. The van der Waals surface area contributed by atoms with Gasteiger partial charge in [0, 0.05) is 6.42 Å². The standard InChI is InChI=1S/C14H22O2/c1-4-8-12(2)11-13(3)9-6-5-7-10-14(15)16/h4-6,8,11-12H,7,9-10H2,1-3H3,(H,15,16)/b6-5+,8-4+,13-11-/t12-/m0/s1. The van der Waals surface area contributed by atoms with Crippen LogP contribution < -0.4 is 0 Å². The second-order valence-electron chi connectivity index (χ2n) is 4.01. The number of aliphatic carboxylic acids is 1. The van der Waals surface area contributed by atoms with Crippen LogP contribution in [-0.2, 0) is 4.79 Å². The van der Waals surface area contributed by atoms with Crippen LogP contribution in [0.25, 0.3) is 0 Å². The summed E-state index contributed by atoms with van der Waals surface area (Å²) in [7, 11) is 0. The lowest BCUT2D eigenvalue weighted by atomic mass is 10.1. The van der Waals surface area contributed by atoms with E-state index in [9.17, 15) is 4.79 Å². The lowest BCUT2D eigenvalue weighted by Gasteiger charge is -2.01. The van der Waals surface area contributed by atoms with Gasteiger partial charge in [-0.05, 0) is 32.6 Å². The molecule has 0 spiro atoms. The second-order valence-corrected chi connectivity index (χ2v) is 4.01. The molecule has 0 aliphatic rings. The first kappa shape index (κ1) is 14.7. The summed E-state index contributed by atoms with van der Waals surface area (Å²) >= 11 is 0. The van der Waals surface area contributed by atoms with E-state index < -0.39 is 5.97 Å². The van der Waals surface area contributed by atoms with E-state index in [0.717, 1.165) is 6.42 Å². The van der Waals surface area contributed by atoms with Gasteiger partial charge in [0.1, 0.15) is 0 Å². The van der Waals surface area contributed by atoms with Gasteiger partial charge in [-0.2, -0.15) is 0 Å². The Morgan fingerprint density at radius 3 is 2.62 bits per heavy atom. The molecule has 0 aliphatic carbocycles. The quantitative estimate of drug-likeness (QED) is 0.662. The van der Waals surface area contributed by atoms with E-state index in [0.29, 0.717) is 12.3 Å². The van der Waals surface area contributed by atoms with Crippen LogP contribution in [0.5, 0.6) is 0 Å². The molecule has 0 fully saturated rings. The number of carboxylic acid groups (broad SMARTS) is 1. The van der Waals surface area contributed by atoms with E-state index in [1.165, 1.54) is 5.57 Å². The highest BCUT2D eigenvalue weighted by molar-refractivity contribution is 5.66. The zero-order valence-electron chi connectivity index (χ0n) is 10.4. The van der Waals surface area contributed by atoms with Gasteiger partial charge < -0.3 is 5.11 Å². The molecule has 1 atom stereocenters. The van der Waals surface area contributed by atoms with Gasteiger partial charge in [-0.1, -0.05) is 42.9 Å². The zero-order valence-corrected chi connectivity index (χ0v) is 10.4. The topological polar surface area (TPSA) is 37.3 Å². The van der Waals surface area contributed by atoms with Crippen molar-refractivity contribution < 1.29 is 9.90 Å². The first-order valence-corrected chi connectivity index (χ1v) is 5.73. The molecular formula is C14H22O2. The van der Waals surface area contributed by atoms with E-state index in [4.69, 9.17) is 5.11 Å². The van der Waals surface area contributed by atoms with Crippen molar-refractivity contribution in [1.82, 2.24) is 0 Å². The van der Waals surface area contributed by atoms with Gasteiger partial charge >= 0.3 is 5.97 Å². The largest absolute Gasteiger partial charge is 0.481 e. The SMILES string of the molecule is C/C=C/[C@H](C)/C=C(/C)C/C=C/CCC(=O)O. The van der Waals surface area contributed by atoms with E-state index in [2.05, 4.69) is 32.1 Å². The van der Waals surface area contributed by atoms with Gasteiger partial charge in [-0.3, -0.25) is 4.79 Å². The Morgan fingerprint density at radius 2 is 2.06 bits per heavy atom. The molecule has 2 heteroatoms. The number of rotatable bonds is 7. The van der Waals surface area contributed by atoms with E-state index in [1.807, 2.05) is 19.1 Å². The Hall–Kier alpha value is -1.31. The van der Waals surface area contributed by atoms with E-state index in [-0.39, 0.29) is 6.42 Å². The molecule has 0 bridgehead atoms. The van der Waals surface area contributed by atoms with Crippen LogP contribution in [0.15, 0.2) is 36.0 Å². The molecule has 90 valence electrons. The Bertz CT molecular complexity index is 285. The molecule has 0 radical (unpaired) electrons. The van der Waals surface area contributed by atoms with Gasteiger partial charge in [0.2, 0.25) is 0 Å². The van der Waals surface area contributed by atoms with Crippen molar-refractivity contribution >= 4 is 5.97 Å². The summed E-state index contributed by atoms with van der Waals surface area (Å²) in [6.45, 7) is 6.27. The van der Waals surface area contributed by atoms with Crippen molar-refractivity contribution in [2.24, 2.45) is 5.92 Å². The van der Waals surface area contributed by atoms with Gasteiger partial charge in [-0.25, -0.2) is 0 Å². The van der Waals surface area contributed by atoms with Crippen molar-refractivity contribution in [3.63, 3.8) is 0 Å². The normalized spacial score (nSPS) is 14.8. The zero-order chi connectivity index (χ0) is 12.4. The molecule has 0 amide bonds. The highest BCUT2D eigenvalue weighted by Gasteiger charge is 1.93. The molecule has 0 saturated carbocycles. The molecule has 1 N–H and O–H groups in total. The fourth-order valence-electron chi connectivity index (χ4n) is 1.47. The lowest BCUT2D eigenvalue weighted by Crippen LogP contribution is -1.91. The number of carboxylic acids is 1. The molecule has 0 rings (SSSR count). The van der Waals surface area contributed by atoms with E-state index >= 15 is 0 Å². The molecule has 0 unspecified atom stereocenters. The van der Waals surface area contributed by atoms with Crippen molar-refractivity contribution in [1.29, 1.82) is 0 Å². The number of allylic oxidation sites excluding steroid dienone is 6. The molecular weight excluding hydrogens is 200 g/mol. The minimum atomic E-state index is -0.737. The van der Waals surface area contributed by atoms with Crippen molar-refractivity contribution in [3.05, 3.63) is 36.0 Å². The summed E-state index contributed by atoms with van der Waals surface area (Å²) in [5.74, 6) is -0.268. The molecule has 0 heterocycles. The van der Waals surface area contributed by atoms with Crippen LogP contribution in [0, 0.1) is 5.92 Å². The van der Waals surface area contributed by atoms with Crippen LogP contribution in [0.1, 0.15) is 40.0 Å². The summed E-state index contributed by atoms with van der Waals surface area (Å²) in [4.78, 5) is 10.3. The predicted octanol–water partition coefficient (Wildman–Crippen LogP) is 3.96. The fraction of sp³-hybridized carbons (Fsp3) is 0.500. The average molecular weight is 222 g/mol. The summed E-state index contributed by atoms with van der Waals surface area (Å²) in [6.07, 6.45) is 12.1. The van der Waals surface area contributed by atoms with Crippen LogP contribution >= 0.6 is 0 Å². The van der Waals surface area contributed by atoms with Crippen LogP contribution in [0.2, 0.25) is 0 Å². The fourth-order valence-corrected chi connectivity index (χ4v) is 1.47.